The molecule has 0 aliphatic carbocycles. The molecule has 0 aliphatic rings. The molecule has 4 aromatic rings. The Balaban J connectivity index is 1.74. The summed E-state index contributed by atoms with van der Waals surface area (Å²) >= 11 is 5.93. The Bertz CT molecular complexity index is 1060. The average Bonchev–Trinajstić information content (AvgIpc) is 3.12. The fourth-order valence-corrected chi connectivity index (χ4v) is 3.04. The monoisotopic (exact) mass is 352 g/mol. The van der Waals surface area contributed by atoms with Gasteiger partial charge in [-0.25, -0.2) is 4.98 Å². The number of H-pyrrole nitrogens is 1. The number of nitrogens with zero attached hydrogens (tertiary/aromatic N) is 3. The number of aromatic hydroxyl groups is 1. The first-order chi connectivity index (χ1) is 12.0. The van der Waals surface area contributed by atoms with Gasteiger partial charge in [0.05, 0.1) is 16.7 Å². The van der Waals surface area contributed by atoms with E-state index in [0.717, 1.165) is 33.4 Å². The van der Waals surface area contributed by atoms with E-state index in [1.54, 1.807) is 0 Å². The van der Waals surface area contributed by atoms with Gasteiger partial charge in [-0.2, -0.15) is 9.78 Å². The van der Waals surface area contributed by atoms with Crippen molar-refractivity contribution in [3.63, 3.8) is 0 Å². The van der Waals surface area contributed by atoms with E-state index >= 15 is 0 Å². The van der Waals surface area contributed by atoms with Crippen molar-refractivity contribution in [3.8, 4) is 11.8 Å². The van der Waals surface area contributed by atoms with Crippen LogP contribution in [0.2, 0.25) is 5.02 Å². The summed E-state index contributed by atoms with van der Waals surface area (Å²) in [5, 5.41) is 15.8. The molecular weight excluding hydrogens is 336 g/mol. The van der Waals surface area contributed by atoms with Gasteiger partial charge >= 0.3 is 0 Å². The van der Waals surface area contributed by atoms with Crippen molar-refractivity contribution in [1.82, 2.24) is 19.7 Å². The number of aromatic amines is 1. The van der Waals surface area contributed by atoms with Crippen molar-refractivity contribution < 1.29 is 5.11 Å². The predicted molar refractivity (Wildman–Crippen MR) is 98.6 cm³/mol. The number of rotatable bonds is 3. The summed E-state index contributed by atoms with van der Waals surface area (Å²) in [5.74, 6) is 0.604. The van der Waals surface area contributed by atoms with Crippen LogP contribution >= 0.6 is 11.6 Å². The molecule has 25 heavy (non-hydrogen) atoms. The number of nitrogens with one attached hydrogen (secondary N) is 1. The molecular formula is C19H17ClN4O. The van der Waals surface area contributed by atoms with Crippen molar-refractivity contribution in [2.45, 2.75) is 20.3 Å². The molecule has 6 heteroatoms. The van der Waals surface area contributed by atoms with Gasteiger partial charge in [-0.3, -0.25) is 0 Å². The van der Waals surface area contributed by atoms with Crippen molar-refractivity contribution >= 4 is 22.6 Å². The van der Waals surface area contributed by atoms with Gasteiger partial charge in [0, 0.05) is 17.0 Å². The molecule has 2 aromatic carbocycles. The Morgan fingerprint density at radius 2 is 1.88 bits per heavy atom. The summed E-state index contributed by atoms with van der Waals surface area (Å²) in [6, 6.07) is 13.6. The first kappa shape index (κ1) is 15.7. The number of fused-ring (bicyclic) bond motifs is 1. The second-order valence-electron chi connectivity index (χ2n) is 6.18. The fraction of sp³-hybridized carbons (Fsp3) is 0.158. The van der Waals surface area contributed by atoms with Crippen LogP contribution in [0.25, 0.3) is 17.0 Å². The quantitative estimate of drug-likeness (QED) is 0.577. The molecule has 0 saturated carbocycles. The van der Waals surface area contributed by atoms with Crippen LogP contribution in [-0.2, 0) is 6.42 Å². The predicted octanol–water partition coefficient (Wildman–Crippen LogP) is 4.32. The number of hydrogen-bond donors (Lipinski definition) is 2. The average molecular weight is 353 g/mol. The summed E-state index contributed by atoms with van der Waals surface area (Å²) in [6.45, 7) is 3.90. The molecule has 0 radical (unpaired) electrons. The van der Waals surface area contributed by atoms with Crippen molar-refractivity contribution in [2.24, 2.45) is 0 Å². The third-order valence-corrected chi connectivity index (χ3v) is 4.53. The lowest BCUT2D eigenvalue weighted by atomic mass is 10.1. The highest BCUT2D eigenvalue weighted by Gasteiger charge is 2.18. The molecule has 0 amide bonds. The summed E-state index contributed by atoms with van der Waals surface area (Å²) in [7, 11) is 0. The highest BCUT2D eigenvalue weighted by Crippen LogP contribution is 2.27. The first-order valence-electron chi connectivity index (χ1n) is 8.00. The Morgan fingerprint density at radius 1 is 1.12 bits per heavy atom. The Labute approximate surface area is 149 Å². The molecule has 0 unspecified atom stereocenters. The maximum atomic E-state index is 10.7. The molecule has 126 valence electrons. The van der Waals surface area contributed by atoms with Gasteiger partial charge in [0.1, 0.15) is 0 Å². The number of imidazole rings is 1. The van der Waals surface area contributed by atoms with E-state index in [4.69, 9.17) is 11.6 Å². The molecule has 0 saturated heterocycles. The third-order valence-electron chi connectivity index (χ3n) is 4.28. The van der Waals surface area contributed by atoms with Gasteiger partial charge in [0.15, 0.2) is 0 Å². The van der Waals surface area contributed by atoms with Crippen LogP contribution < -0.4 is 0 Å². The van der Waals surface area contributed by atoms with E-state index in [0.29, 0.717) is 17.4 Å². The number of aryl methyl sites for hydroxylation is 2. The van der Waals surface area contributed by atoms with E-state index in [1.165, 1.54) is 4.68 Å². The highest BCUT2D eigenvalue weighted by atomic mass is 35.5. The SMILES string of the molecule is Cc1ccc2[nH]c(-n3nc(C)c(Cc4ccc(Cl)cc4)c3O)nc2c1. The van der Waals surface area contributed by atoms with Crippen LogP contribution in [-0.4, -0.2) is 24.9 Å². The summed E-state index contributed by atoms with van der Waals surface area (Å²) in [6.07, 6.45) is 0.578. The first-order valence-corrected chi connectivity index (χ1v) is 8.38. The second kappa shape index (κ2) is 5.93. The normalized spacial score (nSPS) is 11.3. The maximum Gasteiger partial charge on any atom is 0.232 e. The zero-order valence-corrected chi connectivity index (χ0v) is 14.7. The second-order valence-corrected chi connectivity index (χ2v) is 6.62. The van der Waals surface area contributed by atoms with Gasteiger partial charge in [0.2, 0.25) is 11.8 Å². The van der Waals surface area contributed by atoms with Crippen LogP contribution in [0.1, 0.15) is 22.4 Å². The lowest BCUT2D eigenvalue weighted by Crippen LogP contribution is -1.98. The van der Waals surface area contributed by atoms with Crippen molar-refractivity contribution in [2.75, 3.05) is 0 Å². The van der Waals surface area contributed by atoms with E-state index in [9.17, 15) is 5.11 Å². The van der Waals surface area contributed by atoms with Crippen LogP contribution in [0.3, 0.4) is 0 Å². The fourth-order valence-electron chi connectivity index (χ4n) is 2.91. The lowest BCUT2D eigenvalue weighted by Gasteiger charge is -2.02. The Morgan fingerprint density at radius 3 is 2.64 bits per heavy atom. The largest absolute Gasteiger partial charge is 0.493 e. The number of benzene rings is 2. The lowest BCUT2D eigenvalue weighted by molar-refractivity contribution is 0.426. The zero-order chi connectivity index (χ0) is 17.6. The summed E-state index contributed by atoms with van der Waals surface area (Å²) in [4.78, 5) is 7.75. The zero-order valence-electron chi connectivity index (χ0n) is 13.9. The van der Waals surface area contributed by atoms with Crippen LogP contribution in [0.15, 0.2) is 42.5 Å². The van der Waals surface area contributed by atoms with Crippen molar-refractivity contribution in [3.05, 3.63) is 69.9 Å². The Kier molecular flexibility index (Phi) is 3.73. The van der Waals surface area contributed by atoms with Crippen molar-refractivity contribution in [1.29, 1.82) is 0 Å². The minimum absolute atomic E-state index is 0.100. The smallest absolute Gasteiger partial charge is 0.232 e. The number of aromatic nitrogens is 4. The molecule has 0 bridgehead atoms. The molecule has 0 spiro atoms. The van der Waals surface area contributed by atoms with Gasteiger partial charge in [-0.1, -0.05) is 29.8 Å². The molecule has 0 atom stereocenters. The maximum absolute atomic E-state index is 10.7. The number of hydrogen-bond acceptors (Lipinski definition) is 3. The van der Waals surface area contributed by atoms with E-state index in [1.807, 2.05) is 56.3 Å². The van der Waals surface area contributed by atoms with Crippen LogP contribution in [0, 0.1) is 13.8 Å². The third kappa shape index (κ3) is 2.87. The molecule has 0 aliphatic heterocycles. The van der Waals surface area contributed by atoms with Crippen LogP contribution in [0.4, 0.5) is 0 Å². The van der Waals surface area contributed by atoms with E-state index in [-0.39, 0.29) is 5.88 Å². The van der Waals surface area contributed by atoms with Gasteiger partial charge < -0.3 is 10.1 Å². The standard InChI is InChI=1S/C19H17ClN4O/c1-11-3-8-16-17(9-11)22-19(21-16)24-18(25)15(12(2)23-24)10-13-4-6-14(20)7-5-13/h3-9,25H,10H2,1-2H3,(H,21,22). The molecule has 2 N–H and O–H groups in total. The molecule has 0 fully saturated rings. The molecule has 2 aromatic heterocycles. The minimum Gasteiger partial charge on any atom is -0.493 e. The molecule has 2 heterocycles. The topological polar surface area (TPSA) is 66.7 Å². The summed E-state index contributed by atoms with van der Waals surface area (Å²) < 4.78 is 1.45. The highest BCUT2D eigenvalue weighted by molar-refractivity contribution is 6.30. The van der Waals surface area contributed by atoms with Gasteiger partial charge in [-0.15, -0.1) is 0 Å². The van der Waals surface area contributed by atoms with Gasteiger partial charge in [-0.05, 0) is 49.2 Å². The Hall–Kier alpha value is -2.79. The van der Waals surface area contributed by atoms with E-state index in [2.05, 4.69) is 15.1 Å². The molecule has 4 rings (SSSR count). The summed E-state index contributed by atoms with van der Waals surface area (Å²) in [5.41, 5.74) is 5.50. The molecule has 5 nitrogen and oxygen atoms in total. The van der Waals surface area contributed by atoms with E-state index < -0.39 is 0 Å². The van der Waals surface area contributed by atoms with Crippen LogP contribution in [0.5, 0.6) is 5.88 Å². The number of halogens is 1. The minimum atomic E-state index is 0.100. The van der Waals surface area contributed by atoms with Gasteiger partial charge in [0.25, 0.3) is 0 Å².